The lowest BCUT2D eigenvalue weighted by atomic mass is 10.0. The lowest BCUT2D eigenvalue weighted by molar-refractivity contribution is -0.161. The van der Waals surface area contributed by atoms with Crippen LogP contribution in [-0.4, -0.2) is 81.6 Å². The Morgan fingerprint density at radius 3 is 1.73 bits per heavy atom. The molecule has 5 N–H and O–H groups in total. The summed E-state index contributed by atoms with van der Waals surface area (Å²) in [6.45, 7) is 3.87. The van der Waals surface area contributed by atoms with Gasteiger partial charge in [-0.05, 0) is 44.4 Å². The molecule has 60 heavy (non-hydrogen) atoms. The third kappa shape index (κ3) is 42.7. The van der Waals surface area contributed by atoms with Crippen molar-refractivity contribution >= 4 is 27.6 Å². The molecule has 0 radical (unpaired) electrons. The van der Waals surface area contributed by atoms with Crippen molar-refractivity contribution in [2.75, 3.05) is 26.4 Å². The van der Waals surface area contributed by atoms with Crippen molar-refractivity contribution in [1.29, 1.82) is 0 Å². The third-order valence-electron chi connectivity index (χ3n) is 9.24. The van der Waals surface area contributed by atoms with Crippen LogP contribution in [0.25, 0.3) is 0 Å². The minimum atomic E-state index is -4.87. The summed E-state index contributed by atoms with van der Waals surface area (Å²) < 4.78 is 47.7. The fourth-order valence-electron chi connectivity index (χ4n) is 5.81. The highest BCUT2D eigenvalue weighted by atomic mass is 31.2. The molecule has 0 aliphatic heterocycles. The summed E-state index contributed by atoms with van der Waals surface area (Å²) >= 11 is 0. The Balaban J connectivity index is 4.63. The van der Waals surface area contributed by atoms with Gasteiger partial charge in [0.05, 0.1) is 25.9 Å². The van der Waals surface area contributed by atoms with Gasteiger partial charge >= 0.3 is 27.6 Å². The molecule has 0 spiro atoms. The lowest BCUT2D eigenvalue weighted by Gasteiger charge is -2.20. The van der Waals surface area contributed by atoms with E-state index in [0.29, 0.717) is 19.3 Å². The fraction of sp³-hybridized carbons (Fsp3) is 0.773. The van der Waals surface area contributed by atoms with E-state index >= 15 is 0 Å². The number of allylic oxidation sites excluding steroid dienone is 7. The molecule has 0 saturated carbocycles. The molecule has 16 heteroatoms. The van der Waals surface area contributed by atoms with E-state index in [1.165, 1.54) is 51.4 Å². The molecule has 0 aromatic carbocycles. The maximum Gasteiger partial charge on any atom is 0.472 e. The minimum absolute atomic E-state index is 0.0991. The average Bonchev–Trinajstić information content (AvgIpc) is 3.18. The topological polar surface area (TPSA) is 216 Å². The average molecular weight is 895 g/mol. The van der Waals surface area contributed by atoms with Gasteiger partial charge in [0.15, 0.2) is 6.10 Å². The first-order chi connectivity index (χ1) is 28.6. The molecule has 0 aliphatic carbocycles. The maximum absolute atomic E-state index is 12.7. The van der Waals surface area contributed by atoms with Gasteiger partial charge in [0.1, 0.15) is 12.7 Å². The van der Waals surface area contributed by atoms with Gasteiger partial charge in [0, 0.05) is 12.8 Å². The predicted octanol–water partition coefficient (Wildman–Crippen LogP) is 10.3. The number of carbonyl (C=O) groups is 2. The van der Waals surface area contributed by atoms with Crippen LogP contribution in [0, 0.1) is 5.92 Å². The molecule has 0 bridgehead atoms. The lowest BCUT2D eigenvalue weighted by Crippen LogP contribution is -2.30. The van der Waals surface area contributed by atoms with Crippen molar-refractivity contribution in [1.82, 2.24) is 0 Å². The van der Waals surface area contributed by atoms with Crippen molar-refractivity contribution < 1.29 is 66.7 Å². The van der Waals surface area contributed by atoms with Gasteiger partial charge in [0.2, 0.25) is 0 Å². The van der Waals surface area contributed by atoms with Crippen LogP contribution in [0.4, 0.5) is 0 Å². The Hall–Kier alpha value is -1.96. The largest absolute Gasteiger partial charge is 0.472 e. The van der Waals surface area contributed by atoms with Crippen LogP contribution in [-0.2, 0) is 41.8 Å². The van der Waals surface area contributed by atoms with E-state index in [4.69, 9.17) is 23.8 Å². The van der Waals surface area contributed by atoms with Crippen LogP contribution in [0.5, 0.6) is 0 Å². The van der Waals surface area contributed by atoms with Crippen molar-refractivity contribution in [2.24, 2.45) is 5.92 Å². The van der Waals surface area contributed by atoms with Gasteiger partial charge in [0.25, 0.3) is 0 Å². The van der Waals surface area contributed by atoms with Crippen LogP contribution in [0.15, 0.2) is 48.6 Å². The second-order valence-corrected chi connectivity index (χ2v) is 18.3. The van der Waals surface area contributed by atoms with E-state index in [0.717, 1.165) is 70.1 Å². The third-order valence-corrected chi connectivity index (χ3v) is 10.7. The fourth-order valence-corrected chi connectivity index (χ4v) is 6.97. The summed E-state index contributed by atoms with van der Waals surface area (Å²) in [5, 5.41) is 19.6. The summed E-state index contributed by atoms with van der Waals surface area (Å²) in [6.07, 6.45) is 34.4. The number of phosphoric acid groups is 2. The molecule has 0 fully saturated rings. The zero-order valence-electron chi connectivity index (χ0n) is 36.8. The Bertz CT molecular complexity index is 1280. The summed E-state index contributed by atoms with van der Waals surface area (Å²) in [4.78, 5) is 52.7. The number of phosphoric ester groups is 2. The van der Waals surface area contributed by atoms with Crippen molar-refractivity contribution in [3.05, 3.63) is 48.6 Å². The van der Waals surface area contributed by atoms with E-state index in [2.05, 4.69) is 29.8 Å². The number of aliphatic hydroxyl groups excluding tert-OH is 2. The smallest absolute Gasteiger partial charge is 0.462 e. The second kappa shape index (κ2) is 38.7. The monoisotopic (exact) mass is 895 g/mol. The molecule has 0 rings (SSSR count). The molecule has 4 atom stereocenters. The first-order valence-corrected chi connectivity index (χ1v) is 25.3. The molecule has 0 heterocycles. The SMILES string of the molecule is CCCCC[C@@H](O)/C=C/C=C\C/C=C\C/C=C\CCCC(=O)OC[C@H](COP(=O)(O)OC[C@@H](O)COP(=O)(O)O)OC(=O)CCCCCCCCCCCCCCC(C)C. The van der Waals surface area contributed by atoms with Crippen molar-refractivity contribution in [2.45, 2.75) is 187 Å². The van der Waals surface area contributed by atoms with E-state index in [-0.39, 0.29) is 12.8 Å². The molecule has 0 aromatic rings. The highest BCUT2D eigenvalue weighted by Gasteiger charge is 2.28. The zero-order chi connectivity index (χ0) is 44.7. The Kier molecular flexibility index (Phi) is 37.4. The number of unbranched alkanes of at least 4 members (excludes halogenated alkanes) is 14. The maximum atomic E-state index is 12.7. The summed E-state index contributed by atoms with van der Waals surface area (Å²) in [5.41, 5.74) is 0. The second-order valence-electron chi connectivity index (χ2n) is 15.7. The van der Waals surface area contributed by atoms with Crippen molar-refractivity contribution in [3.63, 3.8) is 0 Å². The first kappa shape index (κ1) is 58.0. The van der Waals surface area contributed by atoms with Gasteiger partial charge < -0.3 is 34.4 Å². The number of aliphatic hydroxyl groups is 2. The zero-order valence-corrected chi connectivity index (χ0v) is 38.6. The highest BCUT2D eigenvalue weighted by Crippen LogP contribution is 2.43. The summed E-state index contributed by atoms with van der Waals surface area (Å²) in [5.74, 6) is -0.337. The quantitative estimate of drug-likeness (QED) is 0.0127. The number of hydrogen-bond donors (Lipinski definition) is 5. The molecule has 0 amide bonds. The van der Waals surface area contributed by atoms with Crippen LogP contribution >= 0.6 is 15.6 Å². The van der Waals surface area contributed by atoms with E-state index in [9.17, 15) is 33.8 Å². The number of rotatable bonds is 41. The van der Waals surface area contributed by atoms with E-state index < -0.39 is 72.3 Å². The van der Waals surface area contributed by atoms with Gasteiger partial charge in [-0.25, -0.2) is 9.13 Å². The Morgan fingerprint density at radius 1 is 0.583 bits per heavy atom. The van der Waals surface area contributed by atoms with Gasteiger partial charge in [-0.3, -0.25) is 23.2 Å². The number of hydrogen-bond acceptors (Lipinski definition) is 11. The summed E-state index contributed by atoms with van der Waals surface area (Å²) in [7, 11) is -9.70. The van der Waals surface area contributed by atoms with Crippen molar-refractivity contribution in [3.8, 4) is 0 Å². The van der Waals surface area contributed by atoms with Crippen LogP contribution < -0.4 is 0 Å². The molecule has 0 aliphatic rings. The number of carbonyl (C=O) groups excluding carboxylic acids is 2. The normalized spacial score (nSPS) is 15.1. The molecule has 0 saturated heterocycles. The van der Waals surface area contributed by atoms with Gasteiger partial charge in [-0.2, -0.15) is 0 Å². The van der Waals surface area contributed by atoms with Crippen LogP contribution in [0.1, 0.15) is 168 Å². The predicted molar refractivity (Wildman–Crippen MR) is 236 cm³/mol. The standard InChI is InChI=1S/C44H80O14P2/c1-4-5-25-31-40(45)32-27-22-18-14-10-8-12-15-19-23-28-33-43(47)54-37-42(38-57-60(52,53)56-36-41(46)35-55-59(49,50)51)58-44(48)34-29-24-20-16-11-7-6-9-13-17-21-26-30-39(2)3/h8,10,15,18-19,22,27,32,39-42,45-46H,4-7,9,11-14,16-17,20-21,23-26,28-31,33-38H2,1-3H3,(H,52,53)(H2,49,50,51)/b10-8-,19-15-,22-18-,32-27+/t40-,41+,42-/m1/s1. The highest BCUT2D eigenvalue weighted by molar-refractivity contribution is 7.47. The number of ether oxygens (including phenoxy) is 2. The van der Waals surface area contributed by atoms with Gasteiger partial charge in [-0.1, -0.05) is 166 Å². The molecule has 1 unspecified atom stereocenters. The molecular formula is C44H80O14P2. The van der Waals surface area contributed by atoms with Gasteiger partial charge in [-0.15, -0.1) is 0 Å². The van der Waals surface area contributed by atoms with Crippen LogP contribution in [0.2, 0.25) is 0 Å². The van der Waals surface area contributed by atoms with E-state index in [1.54, 1.807) is 0 Å². The summed E-state index contributed by atoms with van der Waals surface area (Å²) in [6, 6.07) is 0. The van der Waals surface area contributed by atoms with E-state index in [1.807, 2.05) is 48.6 Å². The molecule has 14 nitrogen and oxygen atoms in total. The molecule has 350 valence electrons. The molecular weight excluding hydrogens is 814 g/mol. The van der Waals surface area contributed by atoms with Crippen LogP contribution in [0.3, 0.4) is 0 Å². The molecule has 0 aromatic heterocycles. The number of esters is 2. The Labute approximate surface area is 361 Å². The minimum Gasteiger partial charge on any atom is -0.462 e. The first-order valence-electron chi connectivity index (χ1n) is 22.3. The Morgan fingerprint density at radius 2 is 1.12 bits per heavy atom.